The van der Waals surface area contributed by atoms with Crippen molar-refractivity contribution in [3.8, 4) is 0 Å². The molecule has 0 amide bonds. The lowest BCUT2D eigenvalue weighted by Gasteiger charge is -2.11. The summed E-state index contributed by atoms with van der Waals surface area (Å²) < 4.78 is 3.11. The number of halogens is 1. The summed E-state index contributed by atoms with van der Waals surface area (Å²) in [4.78, 5) is 29.7. The fourth-order valence-corrected chi connectivity index (χ4v) is 3.38. The monoisotopic (exact) mass is 400 g/mol. The molecule has 3 heterocycles. The average molecular weight is 401 g/mol. The molecule has 0 unspecified atom stereocenters. The molecule has 1 aliphatic rings. The Morgan fingerprint density at radius 3 is 2.82 bits per heavy atom. The Morgan fingerprint density at radius 2 is 2.14 bits per heavy atom. The van der Waals surface area contributed by atoms with Crippen molar-refractivity contribution >= 4 is 40.4 Å². The van der Waals surface area contributed by atoms with Gasteiger partial charge in [-0.25, -0.2) is 4.98 Å². The Labute approximate surface area is 166 Å². The summed E-state index contributed by atoms with van der Waals surface area (Å²) >= 11 is 6.13. The van der Waals surface area contributed by atoms with E-state index in [-0.39, 0.29) is 11.3 Å². The molecular formula is C19H21ClN6O2. The molecule has 0 radical (unpaired) electrons. The molecule has 9 heteroatoms. The number of carbonyl (C=O) groups excluding carboxylic acids is 1. The average Bonchev–Trinajstić information content (AvgIpc) is 3.39. The summed E-state index contributed by atoms with van der Waals surface area (Å²) in [7, 11) is 1.76. The van der Waals surface area contributed by atoms with Gasteiger partial charge in [0.25, 0.3) is 5.56 Å². The Hall–Kier alpha value is -2.87. The van der Waals surface area contributed by atoms with Crippen molar-refractivity contribution in [2.75, 3.05) is 17.7 Å². The Morgan fingerprint density at radius 1 is 1.36 bits per heavy atom. The molecule has 0 atom stereocenters. The molecule has 1 aliphatic carbocycles. The zero-order valence-corrected chi connectivity index (χ0v) is 16.5. The number of nitrogens with one attached hydrogen (secondary N) is 2. The molecule has 0 saturated heterocycles. The van der Waals surface area contributed by atoms with Gasteiger partial charge in [0.15, 0.2) is 11.4 Å². The fraction of sp³-hybridized carbons (Fsp3) is 0.368. The number of nitrogens with zero attached hydrogens (tertiary/aromatic N) is 4. The fourth-order valence-electron chi connectivity index (χ4n) is 3.16. The van der Waals surface area contributed by atoms with E-state index in [1.165, 1.54) is 4.57 Å². The topological polar surface area (TPSA) is 93.3 Å². The van der Waals surface area contributed by atoms with E-state index in [0.717, 1.165) is 12.8 Å². The largest absolute Gasteiger partial charge is 0.373 e. The van der Waals surface area contributed by atoms with Gasteiger partial charge in [-0.3, -0.25) is 9.59 Å². The van der Waals surface area contributed by atoms with Gasteiger partial charge in [-0.05, 0) is 31.7 Å². The maximum atomic E-state index is 12.6. The molecule has 0 bridgehead atoms. The van der Waals surface area contributed by atoms with Gasteiger partial charge in [-0.1, -0.05) is 11.6 Å². The number of ketones is 1. The summed E-state index contributed by atoms with van der Waals surface area (Å²) in [5, 5.41) is 10.8. The lowest BCUT2D eigenvalue weighted by Crippen LogP contribution is -2.21. The van der Waals surface area contributed by atoms with Crippen LogP contribution < -0.4 is 16.2 Å². The van der Waals surface area contributed by atoms with Crippen molar-refractivity contribution in [1.29, 1.82) is 0 Å². The molecule has 1 saturated carbocycles. The van der Waals surface area contributed by atoms with Gasteiger partial charge < -0.3 is 15.2 Å². The van der Waals surface area contributed by atoms with Crippen LogP contribution in [0.2, 0.25) is 5.02 Å². The van der Waals surface area contributed by atoms with Crippen LogP contribution in [0.15, 0.2) is 29.3 Å². The maximum absolute atomic E-state index is 12.6. The molecule has 0 aromatic carbocycles. The number of hydrogen-bond donors (Lipinski definition) is 2. The molecule has 2 N–H and O–H groups in total. The Kier molecular flexibility index (Phi) is 4.80. The van der Waals surface area contributed by atoms with Gasteiger partial charge in [0.1, 0.15) is 17.3 Å². The number of carbonyl (C=O) groups is 1. The molecule has 8 nitrogen and oxygen atoms in total. The van der Waals surface area contributed by atoms with Crippen molar-refractivity contribution in [2.45, 2.75) is 32.7 Å². The van der Waals surface area contributed by atoms with Gasteiger partial charge in [0.2, 0.25) is 0 Å². The third-order valence-corrected chi connectivity index (χ3v) is 5.06. The van der Waals surface area contributed by atoms with Crippen LogP contribution in [0.5, 0.6) is 0 Å². The molecule has 0 spiro atoms. The van der Waals surface area contributed by atoms with E-state index in [9.17, 15) is 9.59 Å². The van der Waals surface area contributed by atoms with Crippen molar-refractivity contribution in [2.24, 2.45) is 5.92 Å². The molecule has 146 valence electrons. The number of Topliss-reactive ketones (excluding diaryl/α,β-unsaturated/α-hetero) is 1. The predicted octanol–water partition coefficient (Wildman–Crippen LogP) is 3.33. The zero-order chi connectivity index (χ0) is 19.8. The minimum Gasteiger partial charge on any atom is -0.373 e. The first-order chi connectivity index (χ1) is 13.5. The van der Waals surface area contributed by atoms with Gasteiger partial charge in [-0.15, -0.1) is 0 Å². The summed E-state index contributed by atoms with van der Waals surface area (Å²) in [6, 6.07) is 3.29. The van der Waals surface area contributed by atoms with Crippen LogP contribution in [0, 0.1) is 5.92 Å². The first kappa shape index (κ1) is 18.5. The minimum atomic E-state index is -0.196. The summed E-state index contributed by atoms with van der Waals surface area (Å²) in [5.41, 5.74) is 1.07. The van der Waals surface area contributed by atoms with Crippen molar-refractivity contribution in [1.82, 2.24) is 19.2 Å². The third-order valence-electron chi connectivity index (χ3n) is 4.86. The van der Waals surface area contributed by atoms with Crippen LogP contribution >= 0.6 is 11.6 Å². The second-order valence-corrected chi connectivity index (χ2v) is 7.37. The van der Waals surface area contributed by atoms with E-state index in [1.54, 1.807) is 36.1 Å². The molecule has 3 aromatic rings. The van der Waals surface area contributed by atoms with E-state index in [0.29, 0.717) is 52.4 Å². The number of pyridine rings is 1. The number of fused-ring (bicyclic) bond motifs is 1. The second kappa shape index (κ2) is 7.27. The molecular weight excluding hydrogens is 380 g/mol. The highest BCUT2D eigenvalue weighted by molar-refractivity contribution is 6.30. The minimum absolute atomic E-state index is 0.0419. The third kappa shape index (κ3) is 3.47. The van der Waals surface area contributed by atoms with Gasteiger partial charge in [-0.2, -0.15) is 9.61 Å². The lowest BCUT2D eigenvalue weighted by molar-refractivity contribution is 0.0977. The van der Waals surface area contributed by atoms with Crippen molar-refractivity contribution in [3.63, 3.8) is 0 Å². The normalized spacial score (nSPS) is 13.7. The quantitative estimate of drug-likeness (QED) is 0.591. The number of hydrogen-bond acceptors (Lipinski definition) is 6. The number of rotatable bonds is 7. The lowest BCUT2D eigenvalue weighted by atomic mass is 10.1. The Bertz CT molecular complexity index is 1120. The summed E-state index contributed by atoms with van der Waals surface area (Å²) in [6.07, 6.45) is 5.87. The first-order valence-corrected chi connectivity index (χ1v) is 9.64. The molecule has 28 heavy (non-hydrogen) atoms. The van der Waals surface area contributed by atoms with Crippen molar-refractivity contribution < 1.29 is 4.79 Å². The summed E-state index contributed by atoms with van der Waals surface area (Å²) in [6.45, 7) is 2.37. The number of anilines is 3. The van der Waals surface area contributed by atoms with Crippen LogP contribution in [0.4, 0.5) is 17.3 Å². The highest BCUT2D eigenvalue weighted by atomic mass is 35.5. The Balaban J connectivity index is 1.76. The van der Waals surface area contributed by atoms with Crippen LogP contribution in [0.25, 0.3) is 5.65 Å². The van der Waals surface area contributed by atoms with Gasteiger partial charge >= 0.3 is 0 Å². The molecule has 1 fully saturated rings. The zero-order valence-electron chi connectivity index (χ0n) is 15.7. The van der Waals surface area contributed by atoms with Gasteiger partial charge in [0.05, 0.1) is 16.8 Å². The predicted molar refractivity (Wildman–Crippen MR) is 109 cm³/mol. The molecule has 0 aliphatic heterocycles. The van der Waals surface area contributed by atoms with Crippen LogP contribution in [-0.4, -0.2) is 32.0 Å². The second-order valence-electron chi connectivity index (χ2n) is 6.93. The SMILES string of the molecule is CCn1cc(Cl)cc(Nc2cc(NC)n3ncc(C(=O)CC4CC4)c3n2)c1=O. The molecule has 3 aromatic heterocycles. The van der Waals surface area contributed by atoms with E-state index < -0.39 is 0 Å². The van der Waals surface area contributed by atoms with E-state index >= 15 is 0 Å². The van der Waals surface area contributed by atoms with Crippen molar-refractivity contribution in [3.05, 3.63) is 45.5 Å². The molecule has 4 rings (SSSR count). The van der Waals surface area contributed by atoms with E-state index in [4.69, 9.17) is 11.6 Å². The maximum Gasteiger partial charge on any atom is 0.274 e. The van der Waals surface area contributed by atoms with Crippen LogP contribution in [0.1, 0.15) is 36.5 Å². The van der Waals surface area contributed by atoms with E-state index in [2.05, 4.69) is 20.7 Å². The first-order valence-electron chi connectivity index (χ1n) is 9.27. The number of aromatic nitrogens is 4. The smallest absolute Gasteiger partial charge is 0.274 e. The van der Waals surface area contributed by atoms with Crippen LogP contribution in [0.3, 0.4) is 0 Å². The highest BCUT2D eigenvalue weighted by Gasteiger charge is 2.27. The van der Waals surface area contributed by atoms with Gasteiger partial charge in [0, 0.05) is 32.3 Å². The number of aryl methyl sites for hydroxylation is 1. The van der Waals surface area contributed by atoms with E-state index in [1.807, 2.05) is 6.92 Å². The summed E-state index contributed by atoms with van der Waals surface area (Å²) in [5.74, 6) is 1.60. The van der Waals surface area contributed by atoms with Crippen LogP contribution in [-0.2, 0) is 6.54 Å². The standard InChI is InChI=1S/C19H21ClN6O2/c1-3-25-10-12(20)7-14(19(25)28)23-16-8-17(21-2)26-18(24-16)13(9-22-26)15(27)6-11-4-5-11/h7-11,21H,3-6H2,1-2H3,(H,23,24). The highest BCUT2D eigenvalue weighted by Crippen LogP contribution is 2.34.